The normalized spacial score (nSPS) is 16.5. The first kappa shape index (κ1) is 30.9. The van der Waals surface area contributed by atoms with E-state index in [1.807, 2.05) is 0 Å². The van der Waals surface area contributed by atoms with E-state index in [-0.39, 0.29) is 20.9 Å². The number of rotatable bonds is 6. The summed E-state index contributed by atoms with van der Waals surface area (Å²) in [5.74, 6) is -16.0. The second-order valence-corrected chi connectivity index (χ2v) is 13.4. The Morgan fingerprint density at radius 2 is 0.872 bits per heavy atom. The highest BCUT2D eigenvalue weighted by molar-refractivity contribution is 7.16. The third-order valence-electron chi connectivity index (χ3n) is 7.90. The van der Waals surface area contributed by atoms with Gasteiger partial charge in [-0.2, -0.15) is 26.3 Å². The lowest BCUT2D eigenvalue weighted by Gasteiger charge is -2.25. The predicted octanol–water partition coefficient (Wildman–Crippen LogP) is 10.5. The lowest BCUT2D eigenvalue weighted by Crippen LogP contribution is -2.48. The minimum absolute atomic E-state index is 0.170. The molecule has 4 nitrogen and oxygen atoms in total. The standard InChI is InChI=1S/C35H22F6N4S2/c1-19-21(17-29(46-19)27-13-7-11-25(44-27)23-9-3-5-15-42-23)31-32(34(38,39)35(40,41)33(31,36)37)22-18-30(47-20(22)2)28-14-8-12-26(45-28)24-10-4-6-16-43-24/h3-18H,1-2H3. The molecule has 1 aliphatic rings. The highest BCUT2D eigenvalue weighted by atomic mass is 32.1. The second kappa shape index (κ2) is 11.2. The maximum Gasteiger partial charge on any atom is 0.380 e. The van der Waals surface area contributed by atoms with Crippen LogP contribution in [-0.4, -0.2) is 37.7 Å². The van der Waals surface area contributed by atoms with Crippen LogP contribution in [-0.2, 0) is 0 Å². The largest absolute Gasteiger partial charge is 0.380 e. The Hall–Kier alpha value is -4.68. The molecule has 7 rings (SSSR count). The molecule has 0 amide bonds. The highest BCUT2D eigenvalue weighted by Gasteiger charge is 2.80. The quantitative estimate of drug-likeness (QED) is 0.165. The van der Waals surface area contributed by atoms with Gasteiger partial charge in [-0.3, -0.25) is 9.97 Å². The van der Waals surface area contributed by atoms with Crippen LogP contribution in [0.15, 0.2) is 97.3 Å². The van der Waals surface area contributed by atoms with E-state index < -0.39 is 28.9 Å². The fraction of sp³-hybridized carbons (Fsp3) is 0.143. The number of hydrogen-bond donors (Lipinski definition) is 0. The second-order valence-electron chi connectivity index (χ2n) is 10.9. The summed E-state index contributed by atoms with van der Waals surface area (Å²) in [6.45, 7) is 2.89. The third-order valence-corrected chi connectivity index (χ3v) is 10.0. The van der Waals surface area contributed by atoms with E-state index in [0.29, 0.717) is 43.9 Å². The molecular formula is C35H22F6N4S2. The SMILES string of the molecule is Cc1sc(-c2cccc(-c3ccccn3)n2)cc1C1=C(c2cc(-c3cccc(-c4ccccn4)n3)sc2C)C(F)(F)C(F)(F)C1(F)F. The van der Waals surface area contributed by atoms with Crippen LogP contribution in [0.1, 0.15) is 20.9 Å². The number of aromatic nitrogens is 4. The molecule has 0 unspecified atom stereocenters. The van der Waals surface area contributed by atoms with Crippen LogP contribution in [0.2, 0.25) is 0 Å². The summed E-state index contributed by atoms with van der Waals surface area (Å²) in [5.41, 5.74) is -0.680. The highest BCUT2D eigenvalue weighted by Crippen LogP contribution is 2.66. The van der Waals surface area contributed by atoms with Gasteiger partial charge in [-0.1, -0.05) is 24.3 Å². The van der Waals surface area contributed by atoms with Crippen molar-refractivity contribution in [3.8, 4) is 43.9 Å². The fourth-order valence-corrected chi connectivity index (χ4v) is 7.60. The van der Waals surface area contributed by atoms with Crippen molar-refractivity contribution in [1.29, 1.82) is 0 Å². The van der Waals surface area contributed by atoms with E-state index >= 15 is 26.3 Å². The van der Waals surface area contributed by atoms with Gasteiger partial charge in [-0.15, -0.1) is 22.7 Å². The zero-order valence-corrected chi connectivity index (χ0v) is 26.2. The lowest BCUT2D eigenvalue weighted by atomic mass is 9.95. The summed E-state index contributed by atoms with van der Waals surface area (Å²) >= 11 is 2.02. The number of aryl methyl sites for hydroxylation is 2. The van der Waals surface area contributed by atoms with E-state index in [4.69, 9.17) is 0 Å². The summed E-state index contributed by atoms with van der Waals surface area (Å²) in [5, 5.41) is 0. The number of pyridine rings is 4. The average molecular weight is 677 g/mol. The van der Waals surface area contributed by atoms with Crippen molar-refractivity contribution in [2.75, 3.05) is 0 Å². The molecule has 0 atom stereocenters. The van der Waals surface area contributed by atoms with Crippen molar-refractivity contribution in [2.24, 2.45) is 0 Å². The molecule has 0 aliphatic heterocycles. The number of allylic oxidation sites excluding steroid dienone is 2. The summed E-state index contributed by atoms with van der Waals surface area (Å²) in [4.78, 5) is 18.8. The van der Waals surface area contributed by atoms with Gasteiger partial charge in [-0.25, -0.2) is 9.97 Å². The fourth-order valence-electron chi connectivity index (χ4n) is 5.60. The van der Waals surface area contributed by atoms with Gasteiger partial charge in [0.15, 0.2) is 0 Å². The Labute approximate surface area is 273 Å². The van der Waals surface area contributed by atoms with Gasteiger partial charge in [-0.05, 0) is 85.6 Å². The number of nitrogens with zero attached hydrogens (tertiary/aromatic N) is 4. The van der Waals surface area contributed by atoms with E-state index in [1.54, 1.807) is 85.2 Å². The molecule has 47 heavy (non-hydrogen) atoms. The van der Waals surface area contributed by atoms with Gasteiger partial charge in [0.25, 0.3) is 0 Å². The van der Waals surface area contributed by atoms with E-state index in [2.05, 4.69) is 19.9 Å². The minimum atomic E-state index is -5.68. The Balaban J connectivity index is 1.38. The molecule has 1 aliphatic carbocycles. The number of halogens is 6. The molecule has 0 spiro atoms. The van der Waals surface area contributed by atoms with Crippen molar-refractivity contribution in [3.63, 3.8) is 0 Å². The monoisotopic (exact) mass is 676 g/mol. The maximum absolute atomic E-state index is 15.8. The number of hydrogen-bond acceptors (Lipinski definition) is 6. The molecule has 6 aromatic rings. The molecule has 6 aromatic heterocycles. The van der Waals surface area contributed by atoms with E-state index in [1.165, 1.54) is 26.0 Å². The molecule has 0 saturated heterocycles. The predicted molar refractivity (Wildman–Crippen MR) is 173 cm³/mol. The summed E-state index contributed by atoms with van der Waals surface area (Å²) < 4.78 is 93.4. The molecule has 0 N–H and O–H groups in total. The molecule has 236 valence electrons. The molecule has 6 heterocycles. The Bertz CT molecular complexity index is 2010. The molecule has 0 saturated carbocycles. The van der Waals surface area contributed by atoms with E-state index in [9.17, 15) is 0 Å². The zero-order chi connectivity index (χ0) is 33.1. The van der Waals surface area contributed by atoms with Crippen LogP contribution < -0.4 is 0 Å². The first-order valence-electron chi connectivity index (χ1n) is 14.3. The van der Waals surface area contributed by atoms with Crippen molar-refractivity contribution in [1.82, 2.24) is 19.9 Å². The summed E-state index contributed by atoms with van der Waals surface area (Å²) in [6, 6.07) is 23.1. The Kier molecular flexibility index (Phi) is 7.40. The topological polar surface area (TPSA) is 51.6 Å². The van der Waals surface area contributed by atoms with Gasteiger partial charge in [0.2, 0.25) is 0 Å². The molecule has 0 radical (unpaired) electrons. The van der Waals surface area contributed by atoms with Gasteiger partial charge >= 0.3 is 17.8 Å². The lowest BCUT2D eigenvalue weighted by molar-refractivity contribution is -0.254. The van der Waals surface area contributed by atoms with Crippen molar-refractivity contribution >= 4 is 33.8 Å². The minimum Gasteiger partial charge on any atom is -0.255 e. The van der Waals surface area contributed by atoms with Crippen molar-refractivity contribution < 1.29 is 26.3 Å². The average Bonchev–Trinajstić information content (AvgIpc) is 3.68. The van der Waals surface area contributed by atoms with Gasteiger partial charge in [0.05, 0.1) is 43.9 Å². The maximum atomic E-state index is 15.8. The van der Waals surface area contributed by atoms with Crippen LogP contribution in [0.3, 0.4) is 0 Å². The van der Waals surface area contributed by atoms with Crippen molar-refractivity contribution in [2.45, 2.75) is 31.6 Å². The molecule has 0 fully saturated rings. The first-order valence-corrected chi connectivity index (χ1v) is 15.9. The van der Waals surface area contributed by atoms with Crippen molar-refractivity contribution in [3.05, 3.63) is 118 Å². The Morgan fingerprint density at radius 1 is 0.489 bits per heavy atom. The summed E-state index contributed by atoms with van der Waals surface area (Å²) in [7, 11) is 0. The van der Waals surface area contributed by atoms with Gasteiger partial charge < -0.3 is 0 Å². The molecular weight excluding hydrogens is 655 g/mol. The summed E-state index contributed by atoms with van der Waals surface area (Å²) in [6.07, 6.45) is 3.19. The zero-order valence-electron chi connectivity index (χ0n) is 24.6. The molecule has 12 heteroatoms. The first-order chi connectivity index (χ1) is 22.4. The number of alkyl halides is 6. The van der Waals surface area contributed by atoms with Crippen LogP contribution in [0.25, 0.3) is 55.1 Å². The third kappa shape index (κ3) is 4.97. The van der Waals surface area contributed by atoms with Gasteiger partial charge in [0.1, 0.15) is 0 Å². The van der Waals surface area contributed by atoms with Crippen LogP contribution >= 0.6 is 22.7 Å². The Morgan fingerprint density at radius 3 is 1.26 bits per heavy atom. The van der Waals surface area contributed by atoms with Gasteiger partial charge in [0, 0.05) is 33.3 Å². The van der Waals surface area contributed by atoms with E-state index in [0.717, 1.165) is 22.7 Å². The smallest absolute Gasteiger partial charge is 0.255 e. The van der Waals surface area contributed by atoms with Crippen LogP contribution in [0.4, 0.5) is 26.3 Å². The number of thiophene rings is 2. The molecule has 0 bridgehead atoms. The molecule has 0 aromatic carbocycles. The van der Waals surface area contributed by atoms with Crippen LogP contribution in [0, 0.1) is 13.8 Å². The van der Waals surface area contributed by atoms with Crippen LogP contribution in [0.5, 0.6) is 0 Å².